The van der Waals surface area contributed by atoms with Crippen LogP contribution in [0.25, 0.3) is 0 Å². The molecule has 1 fully saturated rings. The predicted octanol–water partition coefficient (Wildman–Crippen LogP) is 2.93. The van der Waals surface area contributed by atoms with Gasteiger partial charge >= 0.3 is 0 Å². The lowest BCUT2D eigenvalue weighted by molar-refractivity contribution is 0.0424. The quantitative estimate of drug-likeness (QED) is 0.770. The van der Waals surface area contributed by atoms with Crippen LogP contribution in [-0.2, 0) is 0 Å². The first kappa shape index (κ1) is 11.5. The van der Waals surface area contributed by atoms with E-state index in [-0.39, 0.29) is 11.5 Å². The lowest BCUT2D eigenvalue weighted by atomic mass is 9.90. The zero-order chi connectivity index (χ0) is 11.7. The molecule has 1 saturated heterocycles. The molecule has 0 spiro atoms. The molecule has 0 saturated carbocycles. The molecular formula is C12H14F3N. The highest BCUT2D eigenvalue weighted by atomic mass is 19.1. The van der Waals surface area contributed by atoms with Gasteiger partial charge < -0.3 is 4.90 Å². The van der Waals surface area contributed by atoms with E-state index >= 15 is 0 Å². The highest BCUT2D eigenvalue weighted by molar-refractivity contribution is 5.21. The number of hydrogen-bond acceptors (Lipinski definition) is 1. The Morgan fingerprint density at radius 1 is 1.25 bits per heavy atom. The van der Waals surface area contributed by atoms with Crippen molar-refractivity contribution in [2.75, 3.05) is 19.6 Å². The second-order valence-electron chi connectivity index (χ2n) is 4.22. The van der Waals surface area contributed by atoms with Crippen LogP contribution < -0.4 is 0 Å². The lowest BCUT2D eigenvalue weighted by Gasteiger charge is -2.40. The molecule has 1 aliphatic heterocycles. The van der Waals surface area contributed by atoms with E-state index in [0.29, 0.717) is 13.1 Å². The van der Waals surface area contributed by atoms with Crippen LogP contribution >= 0.6 is 0 Å². The summed E-state index contributed by atoms with van der Waals surface area (Å²) < 4.78 is 39.7. The number of hydrogen-bond donors (Lipinski definition) is 0. The van der Waals surface area contributed by atoms with Crippen molar-refractivity contribution < 1.29 is 13.2 Å². The van der Waals surface area contributed by atoms with Crippen molar-refractivity contribution in [3.63, 3.8) is 0 Å². The van der Waals surface area contributed by atoms with Gasteiger partial charge in [0.1, 0.15) is 17.8 Å². The van der Waals surface area contributed by atoms with Gasteiger partial charge in [0.05, 0.1) is 0 Å². The fourth-order valence-corrected chi connectivity index (χ4v) is 2.06. The minimum absolute atomic E-state index is 0.109. The zero-order valence-electron chi connectivity index (χ0n) is 9.09. The molecule has 1 nitrogen and oxygen atoms in total. The fraction of sp³-hybridized carbons (Fsp3) is 0.500. The molecule has 0 radical (unpaired) electrons. The molecule has 0 amide bonds. The zero-order valence-corrected chi connectivity index (χ0v) is 9.09. The Labute approximate surface area is 92.9 Å². The van der Waals surface area contributed by atoms with Crippen LogP contribution in [0, 0.1) is 17.6 Å². The van der Waals surface area contributed by atoms with Gasteiger partial charge in [-0.3, -0.25) is 0 Å². The van der Waals surface area contributed by atoms with Crippen LogP contribution in [-0.4, -0.2) is 24.5 Å². The molecule has 1 heterocycles. The second-order valence-corrected chi connectivity index (χ2v) is 4.22. The summed E-state index contributed by atoms with van der Waals surface area (Å²) >= 11 is 0. The number of benzene rings is 1. The summed E-state index contributed by atoms with van der Waals surface area (Å²) in [5, 5.41) is 0. The first-order chi connectivity index (χ1) is 7.60. The number of likely N-dealkylation sites (tertiary alicyclic amines) is 1. The van der Waals surface area contributed by atoms with E-state index in [1.54, 1.807) is 0 Å². The Morgan fingerprint density at radius 3 is 2.31 bits per heavy atom. The van der Waals surface area contributed by atoms with E-state index in [1.165, 1.54) is 0 Å². The first-order valence-electron chi connectivity index (χ1n) is 5.42. The molecule has 1 atom stereocenters. The van der Waals surface area contributed by atoms with E-state index in [4.69, 9.17) is 0 Å². The summed E-state index contributed by atoms with van der Waals surface area (Å²) in [6, 6.07) is 2.90. The van der Waals surface area contributed by atoms with Crippen molar-refractivity contribution in [2.45, 2.75) is 13.1 Å². The Morgan fingerprint density at radius 2 is 1.81 bits per heavy atom. The van der Waals surface area contributed by atoms with Crippen LogP contribution in [0.15, 0.2) is 18.2 Å². The molecule has 1 aromatic carbocycles. The van der Waals surface area contributed by atoms with Gasteiger partial charge in [0.15, 0.2) is 0 Å². The Kier molecular flexibility index (Phi) is 3.19. The number of alkyl halides is 1. The maximum atomic E-state index is 13.9. The summed E-state index contributed by atoms with van der Waals surface area (Å²) in [6.07, 6.45) is -1.27. The van der Waals surface area contributed by atoms with E-state index in [1.807, 2.05) is 6.92 Å². The largest absolute Gasteiger partial charge is 0.303 e. The number of rotatable bonds is 3. The molecule has 4 heteroatoms. The van der Waals surface area contributed by atoms with Crippen LogP contribution in [0.3, 0.4) is 0 Å². The van der Waals surface area contributed by atoms with Gasteiger partial charge in [-0.2, -0.15) is 0 Å². The highest BCUT2D eigenvalue weighted by Gasteiger charge is 2.33. The molecule has 1 aromatic rings. The average molecular weight is 229 g/mol. The number of nitrogens with zero attached hydrogens (tertiary/aromatic N) is 1. The van der Waals surface area contributed by atoms with Crippen molar-refractivity contribution in [3.8, 4) is 0 Å². The average Bonchev–Trinajstić information content (AvgIpc) is 2.14. The maximum absolute atomic E-state index is 13.9. The summed E-state index contributed by atoms with van der Waals surface area (Å²) in [7, 11) is 0. The normalized spacial score (nSPS) is 19.5. The van der Waals surface area contributed by atoms with E-state index < -0.39 is 17.8 Å². The van der Waals surface area contributed by atoms with Crippen molar-refractivity contribution in [1.29, 1.82) is 0 Å². The third-order valence-corrected chi connectivity index (χ3v) is 3.05. The molecular weight excluding hydrogens is 215 g/mol. The van der Waals surface area contributed by atoms with Gasteiger partial charge in [-0.15, -0.1) is 0 Å². The topological polar surface area (TPSA) is 3.24 Å². The van der Waals surface area contributed by atoms with Gasteiger partial charge in [0.25, 0.3) is 0 Å². The molecule has 2 rings (SSSR count). The van der Waals surface area contributed by atoms with E-state index in [9.17, 15) is 13.2 Å². The molecule has 1 unspecified atom stereocenters. The van der Waals surface area contributed by atoms with Gasteiger partial charge in [-0.25, -0.2) is 13.2 Å². The molecule has 1 aliphatic rings. The van der Waals surface area contributed by atoms with Gasteiger partial charge in [0.2, 0.25) is 0 Å². The Hall–Kier alpha value is -1.03. The molecule has 0 aliphatic carbocycles. The molecule has 88 valence electrons. The summed E-state index contributed by atoms with van der Waals surface area (Å²) in [6.45, 7) is 4.22. The van der Waals surface area contributed by atoms with E-state index in [2.05, 4.69) is 4.90 Å². The monoisotopic (exact) mass is 229 g/mol. The maximum Gasteiger partial charge on any atom is 0.131 e. The van der Waals surface area contributed by atoms with Crippen LogP contribution in [0.1, 0.15) is 18.7 Å². The van der Waals surface area contributed by atoms with Gasteiger partial charge in [-0.05, 0) is 24.2 Å². The smallest absolute Gasteiger partial charge is 0.131 e. The van der Waals surface area contributed by atoms with Crippen molar-refractivity contribution >= 4 is 0 Å². The molecule has 0 bridgehead atoms. The second kappa shape index (κ2) is 4.45. The third kappa shape index (κ3) is 2.21. The van der Waals surface area contributed by atoms with Crippen molar-refractivity contribution in [2.24, 2.45) is 5.92 Å². The predicted molar refractivity (Wildman–Crippen MR) is 55.8 cm³/mol. The molecule has 16 heavy (non-hydrogen) atoms. The summed E-state index contributed by atoms with van der Waals surface area (Å²) in [5.41, 5.74) is 0.109. The Balaban J connectivity index is 2.06. The third-order valence-electron chi connectivity index (χ3n) is 3.05. The van der Waals surface area contributed by atoms with E-state index in [0.717, 1.165) is 24.7 Å². The minimum atomic E-state index is -1.27. The molecule has 0 N–H and O–H groups in total. The fourth-order valence-electron chi connectivity index (χ4n) is 2.06. The van der Waals surface area contributed by atoms with Crippen LogP contribution in [0.2, 0.25) is 0 Å². The van der Waals surface area contributed by atoms with Crippen molar-refractivity contribution in [1.82, 2.24) is 4.90 Å². The van der Waals surface area contributed by atoms with Crippen LogP contribution in [0.5, 0.6) is 0 Å². The molecule has 0 aromatic heterocycles. The standard InChI is InChI=1S/C12H14F3N/c1-2-16-6-9(7-16)12(15)8-3-10(13)5-11(14)4-8/h3-5,9,12H,2,6-7H2,1H3. The Bertz CT molecular complexity index is 354. The lowest BCUT2D eigenvalue weighted by Crippen LogP contribution is -2.48. The van der Waals surface area contributed by atoms with Crippen molar-refractivity contribution in [3.05, 3.63) is 35.4 Å². The SMILES string of the molecule is CCN1CC(C(F)c2cc(F)cc(F)c2)C1. The first-order valence-corrected chi connectivity index (χ1v) is 5.42. The minimum Gasteiger partial charge on any atom is -0.303 e. The highest BCUT2D eigenvalue weighted by Crippen LogP contribution is 2.33. The van der Waals surface area contributed by atoms with Crippen LogP contribution in [0.4, 0.5) is 13.2 Å². The number of halogens is 3. The summed E-state index contributed by atoms with van der Waals surface area (Å²) in [5.74, 6) is -1.57. The summed E-state index contributed by atoms with van der Waals surface area (Å²) in [4.78, 5) is 2.09. The van der Waals surface area contributed by atoms with Gasteiger partial charge in [-0.1, -0.05) is 6.92 Å². The van der Waals surface area contributed by atoms with Gasteiger partial charge in [0, 0.05) is 25.1 Å².